The number of ether oxygens (including phenoxy) is 1. The highest BCUT2D eigenvalue weighted by atomic mass is 19.4. The van der Waals surface area contributed by atoms with Gasteiger partial charge in [-0.1, -0.05) is 0 Å². The zero-order valence-corrected chi connectivity index (χ0v) is 11.4. The SMILES string of the molecule is O=C(NC1CN(C(=O)COC(F)(F)F)C1)c1cn[nH]c1C(F)F. The van der Waals surface area contributed by atoms with Crippen LogP contribution in [0.25, 0.3) is 0 Å². The first-order chi connectivity index (χ1) is 10.7. The number of alkyl halides is 5. The van der Waals surface area contributed by atoms with Crippen LogP contribution in [0, 0.1) is 0 Å². The standard InChI is InChI=1S/C11H11F5N4O3/c12-9(13)8-6(1-17-19-8)10(22)18-5-2-20(3-5)7(21)4-23-11(14,15)16/h1,5,9H,2-4H2,(H,17,19)(H,18,22). The number of rotatable bonds is 5. The van der Waals surface area contributed by atoms with E-state index in [9.17, 15) is 31.5 Å². The molecule has 1 aromatic rings. The van der Waals surface area contributed by atoms with Gasteiger partial charge in [-0.15, -0.1) is 13.2 Å². The molecule has 0 saturated carbocycles. The number of nitrogens with one attached hydrogen (secondary N) is 2. The summed E-state index contributed by atoms with van der Waals surface area (Å²) in [6.45, 7) is -1.22. The van der Waals surface area contributed by atoms with Crippen LogP contribution in [0.15, 0.2) is 6.20 Å². The Balaban J connectivity index is 1.78. The predicted molar refractivity (Wildman–Crippen MR) is 63.4 cm³/mol. The Kier molecular flexibility index (Phi) is 4.82. The minimum absolute atomic E-state index is 0.0341. The minimum atomic E-state index is -4.90. The zero-order chi connectivity index (χ0) is 17.2. The Morgan fingerprint density at radius 3 is 2.65 bits per heavy atom. The van der Waals surface area contributed by atoms with Gasteiger partial charge in [-0.05, 0) is 0 Å². The summed E-state index contributed by atoms with van der Waals surface area (Å²) < 4.78 is 63.9. The molecule has 0 aromatic carbocycles. The van der Waals surface area contributed by atoms with Crippen LogP contribution < -0.4 is 5.32 Å². The number of halogens is 5. The second kappa shape index (κ2) is 6.48. The van der Waals surface area contributed by atoms with E-state index in [1.54, 1.807) is 0 Å². The lowest BCUT2D eigenvalue weighted by Crippen LogP contribution is -2.61. The number of carbonyl (C=O) groups is 2. The Morgan fingerprint density at radius 1 is 1.43 bits per heavy atom. The van der Waals surface area contributed by atoms with Crippen molar-refractivity contribution in [3.8, 4) is 0 Å². The number of aromatic nitrogens is 2. The maximum atomic E-state index is 12.6. The van der Waals surface area contributed by atoms with Crippen LogP contribution in [0.3, 0.4) is 0 Å². The monoisotopic (exact) mass is 342 g/mol. The summed E-state index contributed by atoms with van der Waals surface area (Å²) in [5.74, 6) is -1.69. The van der Waals surface area contributed by atoms with Crippen molar-refractivity contribution in [3.63, 3.8) is 0 Å². The highest BCUT2D eigenvalue weighted by Gasteiger charge is 2.36. The van der Waals surface area contributed by atoms with E-state index >= 15 is 0 Å². The van der Waals surface area contributed by atoms with Crippen molar-refractivity contribution in [2.24, 2.45) is 0 Å². The summed E-state index contributed by atoms with van der Waals surface area (Å²) in [5.41, 5.74) is -0.960. The number of carbonyl (C=O) groups excluding carboxylic acids is 2. The summed E-state index contributed by atoms with van der Waals surface area (Å²) in [6.07, 6.45) is -6.87. The molecule has 2 N–H and O–H groups in total. The fraction of sp³-hybridized carbons (Fsp3) is 0.545. The summed E-state index contributed by atoms with van der Waals surface area (Å²) in [7, 11) is 0. The molecule has 2 amide bonds. The fourth-order valence-electron chi connectivity index (χ4n) is 1.91. The molecule has 1 saturated heterocycles. The van der Waals surface area contributed by atoms with Crippen molar-refractivity contribution >= 4 is 11.8 Å². The number of aromatic amines is 1. The average molecular weight is 342 g/mol. The van der Waals surface area contributed by atoms with E-state index in [4.69, 9.17) is 0 Å². The Hall–Kier alpha value is -2.24. The van der Waals surface area contributed by atoms with Gasteiger partial charge in [0.2, 0.25) is 5.91 Å². The van der Waals surface area contributed by atoms with Crippen LogP contribution in [0.4, 0.5) is 22.0 Å². The van der Waals surface area contributed by atoms with Gasteiger partial charge in [-0.3, -0.25) is 19.4 Å². The largest absolute Gasteiger partial charge is 0.523 e. The molecule has 128 valence electrons. The molecule has 23 heavy (non-hydrogen) atoms. The third-order valence-electron chi connectivity index (χ3n) is 3.06. The van der Waals surface area contributed by atoms with Crippen molar-refractivity contribution in [1.82, 2.24) is 20.4 Å². The van der Waals surface area contributed by atoms with Gasteiger partial charge in [0.15, 0.2) is 0 Å². The predicted octanol–water partition coefficient (Wildman–Crippen LogP) is 0.824. The van der Waals surface area contributed by atoms with Gasteiger partial charge in [-0.25, -0.2) is 8.78 Å². The van der Waals surface area contributed by atoms with E-state index in [2.05, 4.69) is 15.2 Å². The highest BCUT2D eigenvalue weighted by molar-refractivity contribution is 5.95. The summed E-state index contributed by atoms with van der Waals surface area (Å²) in [4.78, 5) is 24.2. The lowest BCUT2D eigenvalue weighted by molar-refractivity contribution is -0.322. The molecule has 0 unspecified atom stereocenters. The third-order valence-corrected chi connectivity index (χ3v) is 3.06. The van der Waals surface area contributed by atoms with Gasteiger partial charge in [0, 0.05) is 13.1 Å². The summed E-state index contributed by atoms with van der Waals surface area (Å²) in [5, 5.41) is 7.74. The smallest absolute Gasteiger partial charge is 0.346 e. The molecule has 1 aliphatic rings. The van der Waals surface area contributed by atoms with E-state index in [1.807, 2.05) is 5.10 Å². The lowest BCUT2D eigenvalue weighted by atomic mass is 10.1. The van der Waals surface area contributed by atoms with Crippen molar-refractivity contribution in [2.75, 3.05) is 19.7 Å². The molecule has 12 heteroatoms. The Labute approximate surface area is 125 Å². The first kappa shape index (κ1) is 17.1. The van der Waals surface area contributed by atoms with E-state index in [-0.39, 0.29) is 18.7 Å². The number of nitrogens with zero attached hydrogens (tertiary/aromatic N) is 2. The van der Waals surface area contributed by atoms with Gasteiger partial charge < -0.3 is 10.2 Å². The van der Waals surface area contributed by atoms with Crippen molar-refractivity contribution in [1.29, 1.82) is 0 Å². The molecule has 1 fully saturated rings. The molecule has 7 nitrogen and oxygen atoms in total. The molecular formula is C11H11F5N4O3. The molecule has 0 bridgehead atoms. The van der Waals surface area contributed by atoms with Gasteiger partial charge in [0.25, 0.3) is 12.3 Å². The maximum Gasteiger partial charge on any atom is 0.523 e. The van der Waals surface area contributed by atoms with Crippen LogP contribution in [-0.2, 0) is 9.53 Å². The first-order valence-electron chi connectivity index (χ1n) is 6.28. The Morgan fingerprint density at radius 2 is 2.09 bits per heavy atom. The average Bonchev–Trinajstić information content (AvgIpc) is 2.88. The summed E-state index contributed by atoms with van der Waals surface area (Å²) >= 11 is 0. The van der Waals surface area contributed by atoms with Gasteiger partial charge >= 0.3 is 6.36 Å². The van der Waals surface area contributed by atoms with Gasteiger partial charge in [-0.2, -0.15) is 5.10 Å². The maximum absolute atomic E-state index is 12.6. The zero-order valence-electron chi connectivity index (χ0n) is 11.4. The fourth-order valence-corrected chi connectivity index (χ4v) is 1.91. The van der Waals surface area contributed by atoms with E-state index < -0.39 is 42.9 Å². The highest BCUT2D eigenvalue weighted by Crippen LogP contribution is 2.21. The molecular weight excluding hydrogens is 331 g/mol. The topological polar surface area (TPSA) is 87.3 Å². The van der Waals surface area contributed by atoms with Gasteiger partial charge in [0.1, 0.15) is 12.3 Å². The van der Waals surface area contributed by atoms with Crippen molar-refractivity contribution in [3.05, 3.63) is 17.5 Å². The van der Waals surface area contributed by atoms with Crippen LogP contribution in [0.5, 0.6) is 0 Å². The molecule has 1 aromatic heterocycles. The Bertz CT molecular complexity index is 582. The second-order valence-corrected chi connectivity index (χ2v) is 4.70. The molecule has 2 heterocycles. The molecule has 1 aliphatic heterocycles. The van der Waals surface area contributed by atoms with Crippen LogP contribution in [-0.4, -0.2) is 59.0 Å². The normalized spacial score (nSPS) is 15.7. The number of hydrogen-bond acceptors (Lipinski definition) is 4. The molecule has 0 radical (unpaired) electrons. The minimum Gasteiger partial charge on any atom is -0.346 e. The quantitative estimate of drug-likeness (QED) is 0.776. The number of amides is 2. The number of likely N-dealkylation sites (tertiary alicyclic amines) is 1. The summed E-state index contributed by atoms with van der Waals surface area (Å²) in [6, 6.07) is -0.544. The molecule has 0 spiro atoms. The third kappa shape index (κ3) is 4.37. The van der Waals surface area contributed by atoms with Crippen LogP contribution in [0.2, 0.25) is 0 Å². The lowest BCUT2D eigenvalue weighted by Gasteiger charge is -2.39. The van der Waals surface area contributed by atoms with E-state index in [1.165, 1.54) is 0 Å². The molecule has 0 atom stereocenters. The molecule has 2 rings (SSSR count). The first-order valence-corrected chi connectivity index (χ1v) is 6.28. The van der Waals surface area contributed by atoms with Gasteiger partial charge in [0.05, 0.1) is 17.8 Å². The van der Waals surface area contributed by atoms with Crippen LogP contribution in [0.1, 0.15) is 22.5 Å². The van der Waals surface area contributed by atoms with E-state index in [0.717, 1.165) is 11.1 Å². The number of hydrogen-bond donors (Lipinski definition) is 2. The molecule has 0 aliphatic carbocycles. The van der Waals surface area contributed by atoms with Crippen molar-refractivity contribution < 1.29 is 36.3 Å². The second-order valence-electron chi connectivity index (χ2n) is 4.70. The van der Waals surface area contributed by atoms with E-state index in [0.29, 0.717) is 0 Å². The number of H-pyrrole nitrogens is 1. The van der Waals surface area contributed by atoms with Crippen molar-refractivity contribution in [2.45, 2.75) is 18.8 Å². The van der Waals surface area contributed by atoms with Crippen LogP contribution >= 0.6 is 0 Å².